The standard InChI is InChI=1S/C25H21Cl2N3O4S/c1-13(2)21(30-22(31)15-8-4-6-10-18(15)27)25(33)34-11-19-28-23(32)20-16(12-35-24(20)29-19)14-7-3-5-9-17(14)26/h3-10,12-13,21H,11H2,1-2H3,(H,30,31)(H,28,29,32)/t21-/m0/s1. The normalized spacial score (nSPS) is 12.0. The zero-order chi connectivity index (χ0) is 25.1. The first-order valence-electron chi connectivity index (χ1n) is 10.7. The van der Waals surface area contributed by atoms with Crippen LogP contribution in [0.1, 0.15) is 30.0 Å². The van der Waals surface area contributed by atoms with Crippen molar-refractivity contribution < 1.29 is 14.3 Å². The maximum atomic E-state index is 12.8. The summed E-state index contributed by atoms with van der Waals surface area (Å²) >= 11 is 13.7. The first kappa shape index (κ1) is 24.9. The Balaban J connectivity index is 1.50. The summed E-state index contributed by atoms with van der Waals surface area (Å²) < 4.78 is 5.40. The van der Waals surface area contributed by atoms with E-state index < -0.39 is 17.9 Å². The van der Waals surface area contributed by atoms with Crippen molar-refractivity contribution >= 4 is 56.6 Å². The summed E-state index contributed by atoms with van der Waals surface area (Å²) in [6, 6.07) is 12.9. The molecule has 2 aromatic carbocycles. The van der Waals surface area contributed by atoms with Gasteiger partial charge in [0.05, 0.1) is 16.0 Å². The Morgan fingerprint density at radius 3 is 2.43 bits per heavy atom. The number of carbonyl (C=O) groups excluding carboxylic acids is 2. The summed E-state index contributed by atoms with van der Waals surface area (Å²) in [7, 11) is 0. The molecule has 35 heavy (non-hydrogen) atoms. The van der Waals surface area contributed by atoms with Gasteiger partial charge in [0, 0.05) is 21.5 Å². The molecule has 0 aliphatic carbocycles. The van der Waals surface area contributed by atoms with Gasteiger partial charge in [-0.3, -0.25) is 9.59 Å². The SMILES string of the molecule is CC(C)[C@H](NC(=O)c1ccccc1Cl)C(=O)OCc1nc2scc(-c3ccccc3Cl)c2c(=O)[nH]1. The number of halogens is 2. The highest BCUT2D eigenvalue weighted by molar-refractivity contribution is 7.17. The lowest BCUT2D eigenvalue weighted by Crippen LogP contribution is -2.45. The van der Waals surface area contributed by atoms with Gasteiger partial charge in [-0.2, -0.15) is 0 Å². The fourth-order valence-corrected chi connectivity index (χ4v) is 4.95. The molecule has 2 N–H and O–H groups in total. The van der Waals surface area contributed by atoms with Crippen LogP contribution in [0.15, 0.2) is 58.7 Å². The second kappa shape index (κ2) is 10.6. The number of nitrogens with zero attached hydrogens (tertiary/aromatic N) is 1. The lowest BCUT2D eigenvalue weighted by atomic mass is 10.0. The number of thiophene rings is 1. The molecule has 0 fully saturated rings. The molecule has 0 saturated carbocycles. The molecule has 4 rings (SSSR count). The Labute approximate surface area is 215 Å². The molecule has 180 valence electrons. The molecule has 4 aromatic rings. The van der Waals surface area contributed by atoms with Crippen molar-refractivity contribution in [2.75, 3.05) is 0 Å². The number of hydrogen-bond donors (Lipinski definition) is 2. The largest absolute Gasteiger partial charge is 0.456 e. The minimum atomic E-state index is -0.914. The lowest BCUT2D eigenvalue weighted by Gasteiger charge is -2.21. The van der Waals surface area contributed by atoms with Crippen LogP contribution in [-0.2, 0) is 16.1 Å². The number of amides is 1. The van der Waals surface area contributed by atoms with Crippen LogP contribution in [0.2, 0.25) is 10.0 Å². The van der Waals surface area contributed by atoms with Gasteiger partial charge in [-0.1, -0.05) is 67.4 Å². The second-order valence-electron chi connectivity index (χ2n) is 8.10. The number of carbonyl (C=O) groups is 2. The second-order valence-corrected chi connectivity index (χ2v) is 9.78. The molecule has 0 saturated heterocycles. The van der Waals surface area contributed by atoms with Crippen molar-refractivity contribution in [3.8, 4) is 11.1 Å². The number of H-pyrrole nitrogens is 1. The number of esters is 1. The van der Waals surface area contributed by atoms with Crippen LogP contribution in [0.3, 0.4) is 0 Å². The van der Waals surface area contributed by atoms with Crippen LogP contribution in [0.25, 0.3) is 21.3 Å². The van der Waals surface area contributed by atoms with E-state index in [1.54, 1.807) is 44.2 Å². The molecule has 0 unspecified atom stereocenters. The number of aromatic nitrogens is 2. The molecule has 2 aromatic heterocycles. The number of hydrogen-bond acceptors (Lipinski definition) is 6. The van der Waals surface area contributed by atoms with E-state index in [-0.39, 0.29) is 34.5 Å². The number of ether oxygens (including phenoxy) is 1. The average molecular weight is 530 g/mol. The molecule has 10 heteroatoms. The highest BCUT2D eigenvalue weighted by Crippen LogP contribution is 2.34. The highest BCUT2D eigenvalue weighted by atomic mass is 35.5. The molecule has 2 heterocycles. The van der Waals surface area contributed by atoms with Gasteiger partial charge in [-0.15, -0.1) is 11.3 Å². The van der Waals surface area contributed by atoms with Crippen LogP contribution in [0.5, 0.6) is 0 Å². The molecule has 7 nitrogen and oxygen atoms in total. The van der Waals surface area contributed by atoms with Crippen molar-refractivity contribution in [2.45, 2.75) is 26.5 Å². The quantitative estimate of drug-likeness (QED) is 0.309. The van der Waals surface area contributed by atoms with Crippen LogP contribution in [0.4, 0.5) is 0 Å². The van der Waals surface area contributed by atoms with Crippen LogP contribution in [0, 0.1) is 5.92 Å². The summed E-state index contributed by atoms with van der Waals surface area (Å²) in [5.41, 5.74) is 1.33. The first-order valence-corrected chi connectivity index (χ1v) is 12.4. The van der Waals surface area contributed by atoms with Gasteiger partial charge in [-0.05, 0) is 24.1 Å². The van der Waals surface area contributed by atoms with Crippen molar-refractivity contribution in [1.82, 2.24) is 15.3 Å². The zero-order valence-corrected chi connectivity index (χ0v) is 21.1. The van der Waals surface area contributed by atoms with Crippen LogP contribution >= 0.6 is 34.5 Å². The van der Waals surface area contributed by atoms with Gasteiger partial charge in [0.1, 0.15) is 23.3 Å². The lowest BCUT2D eigenvalue weighted by molar-refractivity contribution is -0.148. The molecule has 1 atom stereocenters. The number of nitrogens with one attached hydrogen (secondary N) is 2. The monoisotopic (exact) mass is 529 g/mol. The maximum absolute atomic E-state index is 12.8. The first-order chi connectivity index (χ1) is 16.8. The van der Waals surface area contributed by atoms with Crippen molar-refractivity contribution in [3.05, 3.63) is 85.7 Å². The van der Waals surface area contributed by atoms with Gasteiger partial charge < -0.3 is 15.0 Å². The Kier molecular flexibility index (Phi) is 7.54. The Morgan fingerprint density at radius 2 is 1.74 bits per heavy atom. The summed E-state index contributed by atoms with van der Waals surface area (Å²) in [6.45, 7) is 3.31. The molecule has 0 aliphatic rings. The van der Waals surface area contributed by atoms with E-state index in [9.17, 15) is 14.4 Å². The highest BCUT2D eigenvalue weighted by Gasteiger charge is 2.27. The third-order valence-corrected chi connectivity index (χ3v) is 6.87. The summed E-state index contributed by atoms with van der Waals surface area (Å²) in [6.07, 6.45) is 0. The van der Waals surface area contributed by atoms with E-state index in [0.29, 0.717) is 20.8 Å². The summed E-state index contributed by atoms with van der Waals surface area (Å²) in [5.74, 6) is -1.18. The van der Waals surface area contributed by atoms with Gasteiger partial charge in [-0.25, -0.2) is 9.78 Å². The number of fused-ring (bicyclic) bond motifs is 1. The minimum Gasteiger partial charge on any atom is -0.456 e. The van der Waals surface area contributed by atoms with E-state index in [1.807, 2.05) is 23.6 Å². The van der Waals surface area contributed by atoms with E-state index >= 15 is 0 Å². The van der Waals surface area contributed by atoms with E-state index in [4.69, 9.17) is 27.9 Å². The third kappa shape index (κ3) is 5.40. The molecular weight excluding hydrogens is 509 g/mol. The predicted molar refractivity (Wildman–Crippen MR) is 138 cm³/mol. The fraction of sp³-hybridized carbons (Fsp3) is 0.200. The Morgan fingerprint density at radius 1 is 1.06 bits per heavy atom. The number of aromatic amines is 1. The van der Waals surface area contributed by atoms with Gasteiger partial charge in [0.25, 0.3) is 11.5 Å². The summed E-state index contributed by atoms with van der Waals surface area (Å²) in [5, 5.41) is 5.73. The average Bonchev–Trinajstić information content (AvgIpc) is 3.25. The molecule has 0 aliphatic heterocycles. The van der Waals surface area contributed by atoms with Crippen molar-refractivity contribution in [3.63, 3.8) is 0 Å². The van der Waals surface area contributed by atoms with Gasteiger partial charge in [0.2, 0.25) is 0 Å². The maximum Gasteiger partial charge on any atom is 0.329 e. The molecule has 0 radical (unpaired) electrons. The number of benzene rings is 2. The Bertz CT molecular complexity index is 1460. The molecule has 0 bridgehead atoms. The van der Waals surface area contributed by atoms with Crippen LogP contribution < -0.4 is 10.9 Å². The fourth-order valence-electron chi connectivity index (χ4n) is 3.53. The Hall–Kier alpha value is -3.20. The summed E-state index contributed by atoms with van der Waals surface area (Å²) in [4.78, 5) is 45.9. The molecule has 1 amide bonds. The van der Waals surface area contributed by atoms with E-state index in [0.717, 1.165) is 5.56 Å². The third-order valence-electron chi connectivity index (χ3n) is 5.33. The van der Waals surface area contributed by atoms with Crippen LogP contribution in [-0.4, -0.2) is 27.9 Å². The van der Waals surface area contributed by atoms with E-state index in [1.165, 1.54) is 11.3 Å². The van der Waals surface area contributed by atoms with Gasteiger partial charge >= 0.3 is 5.97 Å². The smallest absolute Gasteiger partial charge is 0.329 e. The van der Waals surface area contributed by atoms with Crippen molar-refractivity contribution in [1.29, 1.82) is 0 Å². The van der Waals surface area contributed by atoms with Gasteiger partial charge in [0.15, 0.2) is 0 Å². The van der Waals surface area contributed by atoms with Crippen molar-refractivity contribution in [2.24, 2.45) is 5.92 Å². The zero-order valence-electron chi connectivity index (χ0n) is 18.8. The topological polar surface area (TPSA) is 101 Å². The minimum absolute atomic E-state index is 0.198. The van der Waals surface area contributed by atoms with E-state index in [2.05, 4.69) is 15.3 Å². The predicted octanol–water partition coefficient (Wildman–Crippen LogP) is 5.46. The molecular formula is C25H21Cl2N3O4S. The number of rotatable bonds is 7. The molecule has 0 spiro atoms.